The van der Waals surface area contributed by atoms with E-state index in [1.807, 2.05) is 0 Å². The molecule has 1 aliphatic heterocycles. The van der Waals surface area contributed by atoms with Gasteiger partial charge in [0, 0.05) is 54.1 Å². The third-order valence-electron chi connectivity index (χ3n) is 7.35. The molecule has 0 amide bonds. The number of ether oxygens (including phenoxy) is 2. The minimum Gasteiger partial charge on any atom is -0.497 e. The van der Waals surface area contributed by atoms with Gasteiger partial charge in [0.2, 0.25) is 0 Å². The molecule has 4 rings (SSSR count). The van der Waals surface area contributed by atoms with Crippen molar-refractivity contribution in [1.82, 2.24) is 9.88 Å². The number of alkyl halides is 2. The van der Waals surface area contributed by atoms with E-state index in [4.69, 9.17) is 9.47 Å². The highest BCUT2D eigenvalue weighted by Crippen LogP contribution is 2.41. The van der Waals surface area contributed by atoms with Gasteiger partial charge in [0.15, 0.2) is 0 Å². The van der Waals surface area contributed by atoms with Crippen molar-refractivity contribution in [2.24, 2.45) is 5.41 Å². The summed E-state index contributed by atoms with van der Waals surface area (Å²) in [5.41, 5.74) is 0.662. The summed E-state index contributed by atoms with van der Waals surface area (Å²) in [5, 5.41) is 10.7. The van der Waals surface area contributed by atoms with Crippen LogP contribution in [0.15, 0.2) is 42.6 Å². The molecule has 2 heterocycles. The summed E-state index contributed by atoms with van der Waals surface area (Å²) >= 11 is 0. The van der Waals surface area contributed by atoms with E-state index in [1.54, 1.807) is 18.2 Å². The standard InChI is InChI=1S/C28H32F4N2O3/c1-36-22-2-3-26-24(15-22)27(19(16-29)17-33-26)25(32)4-5-28(18-35)6-8-34(9-7-28)10-11-37-23-13-20(30)12-21(31)14-23/h2-3,12-15,17,25,35H,4-11,16,18H2,1H3/t25-/m1/s1. The number of methoxy groups -OCH3 is 1. The van der Waals surface area contributed by atoms with Gasteiger partial charge in [0.1, 0.15) is 42.6 Å². The van der Waals surface area contributed by atoms with Crippen LogP contribution in [0.4, 0.5) is 17.6 Å². The van der Waals surface area contributed by atoms with Crippen LogP contribution in [0.1, 0.15) is 43.0 Å². The van der Waals surface area contributed by atoms with E-state index in [0.717, 1.165) is 18.2 Å². The first-order valence-corrected chi connectivity index (χ1v) is 12.4. The van der Waals surface area contributed by atoms with Gasteiger partial charge in [0.05, 0.1) is 12.6 Å². The molecule has 9 heteroatoms. The minimum atomic E-state index is -1.41. The summed E-state index contributed by atoms with van der Waals surface area (Å²) in [4.78, 5) is 6.41. The quantitative estimate of drug-likeness (QED) is 0.318. The number of piperidine rings is 1. The van der Waals surface area contributed by atoms with Gasteiger partial charge in [-0.3, -0.25) is 9.88 Å². The molecule has 0 aliphatic carbocycles. The van der Waals surface area contributed by atoms with E-state index in [0.29, 0.717) is 61.1 Å². The molecule has 0 unspecified atom stereocenters. The molecule has 0 spiro atoms. The molecule has 2 aromatic carbocycles. The van der Waals surface area contributed by atoms with Crippen LogP contribution in [0.5, 0.6) is 11.5 Å². The second kappa shape index (κ2) is 12.1. The number of fused-ring (bicyclic) bond motifs is 1. The van der Waals surface area contributed by atoms with Crippen molar-refractivity contribution in [3.05, 3.63) is 65.4 Å². The Hall–Kier alpha value is -2.91. The average molecular weight is 521 g/mol. The summed E-state index contributed by atoms with van der Waals surface area (Å²) < 4.78 is 66.8. The van der Waals surface area contributed by atoms with Crippen LogP contribution in [-0.2, 0) is 6.67 Å². The zero-order chi connectivity index (χ0) is 26.4. The molecule has 1 atom stereocenters. The highest BCUT2D eigenvalue weighted by Gasteiger charge is 2.35. The SMILES string of the molecule is COc1ccc2ncc(CF)c([C@H](F)CCC3(CO)CCN(CCOc4cc(F)cc(F)c4)CC3)c2c1. The zero-order valence-corrected chi connectivity index (χ0v) is 20.9. The van der Waals surface area contributed by atoms with E-state index in [1.165, 1.54) is 13.3 Å². The highest BCUT2D eigenvalue weighted by atomic mass is 19.1. The van der Waals surface area contributed by atoms with E-state index < -0.39 is 29.9 Å². The fraction of sp³-hybridized carbons (Fsp3) is 0.464. The first-order chi connectivity index (χ1) is 17.9. The largest absolute Gasteiger partial charge is 0.497 e. The lowest BCUT2D eigenvalue weighted by Gasteiger charge is -2.41. The average Bonchev–Trinajstić information content (AvgIpc) is 2.91. The van der Waals surface area contributed by atoms with Crippen LogP contribution in [0.25, 0.3) is 10.9 Å². The third-order valence-corrected chi connectivity index (χ3v) is 7.35. The number of likely N-dealkylation sites (tertiary alicyclic amines) is 1. The van der Waals surface area contributed by atoms with Crippen molar-refractivity contribution >= 4 is 10.9 Å². The van der Waals surface area contributed by atoms with Gasteiger partial charge >= 0.3 is 0 Å². The normalized spacial score (nSPS) is 16.6. The number of halogens is 4. The summed E-state index contributed by atoms with van der Waals surface area (Å²) in [6.45, 7) is 1.32. The van der Waals surface area contributed by atoms with Crippen molar-refractivity contribution in [3.63, 3.8) is 0 Å². The Kier molecular flexibility index (Phi) is 8.87. The zero-order valence-electron chi connectivity index (χ0n) is 20.9. The number of pyridine rings is 1. The molecule has 5 nitrogen and oxygen atoms in total. The van der Waals surface area contributed by atoms with Gasteiger partial charge in [-0.2, -0.15) is 0 Å². The molecule has 1 fully saturated rings. The first kappa shape index (κ1) is 27.1. The molecule has 0 radical (unpaired) electrons. The minimum absolute atomic E-state index is 0.0620. The molecule has 1 N–H and O–H groups in total. The third kappa shape index (κ3) is 6.51. The van der Waals surface area contributed by atoms with E-state index in [9.17, 15) is 18.3 Å². The summed E-state index contributed by atoms with van der Waals surface area (Å²) in [5.74, 6) is -0.694. The van der Waals surface area contributed by atoms with E-state index in [-0.39, 0.29) is 30.9 Å². The van der Waals surface area contributed by atoms with Crippen LogP contribution in [0, 0.1) is 17.0 Å². The smallest absolute Gasteiger partial charge is 0.129 e. The van der Waals surface area contributed by atoms with E-state index in [2.05, 4.69) is 9.88 Å². The number of rotatable bonds is 11. The maximum absolute atomic E-state index is 15.7. The Bertz CT molecular complexity index is 1180. The lowest BCUT2D eigenvalue weighted by molar-refractivity contribution is 0.0265. The van der Waals surface area contributed by atoms with Gasteiger partial charge in [-0.25, -0.2) is 17.6 Å². The molecule has 37 heavy (non-hydrogen) atoms. The molecular weight excluding hydrogens is 488 g/mol. The highest BCUT2D eigenvalue weighted by molar-refractivity contribution is 5.85. The van der Waals surface area contributed by atoms with Gasteiger partial charge in [-0.05, 0) is 62.4 Å². The summed E-state index contributed by atoms with van der Waals surface area (Å²) in [6, 6.07) is 8.22. The topological polar surface area (TPSA) is 54.8 Å². The monoisotopic (exact) mass is 520 g/mol. The van der Waals surface area contributed by atoms with Crippen LogP contribution in [0.3, 0.4) is 0 Å². The number of aliphatic hydroxyl groups is 1. The lowest BCUT2D eigenvalue weighted by Crippen LogP contribution is -2.43. The van der Waals surface area contributed by atoms with Gasteiger partial charge in [0.25, 0.3) is 0 Å². The van der Waals surface area contributed by atoms with Crippen LogP contribution >= 0.6 is 0 Å². The molecule has 1 aromatic heterocycles. The molecule has 200 valence electrons. The van der Waals surface area contributed by atoms with Crippen LogP contribution in [-0.4, -0.2) is 54.9 Å². The molecule has 0 bridgehead atoms. The predicted molar refractivity (Wildman–Crippen MR) is 133 cm³/mol. The van der Waals surface area contributed by atoms with Crippen molar-refractivity contribution in [2.45, 2.75) is 38.5 Å². The Morgan fingerprint density at radius 2 is 1.81 bits per heavy atom. The second-order valence-electron chi connectivity index (χ2n) is 9.67. The maximum Gasteiger partial charge on any atom is 0.129 e. The number of hydrogen-bond donors (Lipinski definition) is 1. The van der Waals surface area contributed by atoms with Crippen molar-refractivity contribution in [1.29, 1.82) is 0 Å². The fourth-order valence-electron chi connectivity index (χ4n) is 5.06. The fourth-order valence-corrected chi connectivity index (χ4v) is 5.06. The Morgan fingerprint density at radius 1 is 1.08 bits per heavy atom. The molecule has 1 saturated heterocycles. The van der Waals surface area contributed by atoms with Gasteiger partial charge < -0.3 is 14.6 Å². The number of benzene rings is 2. The predicted octanol–water partition coefficient (Wildman–Crippen LogP) is 5.94. The molecule has 3 aromatic rings. The van der Waals surface area contributed by atoms with Gasteiger partial charge in [-0.1, -0.05) is 0 Å². The number of hydrogen-bond acceptors (Lipinski definition) is 5. The summed E-state index contributed by atoms with van der Waals surface area (Å²) in [6.07, 6.45) is 1.93. The molecular formula is C28H32F4N2O3. The van der Waals surface area contributed by atoms with Crippen molar-refractivity contribution < 1.29 is 32.1 Å². The summed E-state index contributed by atoms with van der Waals surface area (Å²) in [7, 11) is 1.52. The molecule has 0 saturated carbocycles. The van der Waals surface area contributed by atoms with Crippen molar-refractivity contribution in [3.8, 4) is 11.5 Å². The van der Waals surface area contributed by atoms with Gasteiger partial charge in [-0.15, -0.1) is 0 Å². The molecule has 1 aliphatic rings. The Labute approximate surface area is 214 Å². The number of aromatic nitrogens is 1. The van der Waals surface area contributed by atoms with Crippen LogP contribution < -0.4 is 9.47 Å². The van der Waals surface area contributed by atoms with Crippen LogP contribution in [0.2, 0.25) is 0 Å². The Morgan fingerprint density at radius 3 is 2.46 bits per heavy atom. The number of aliphatic hydroxyl groups excluding tert-OH is 1. The number of nitrogens with zero attached hydrogens (tertiary/aromatic N) is 2. The van der Waals surface area contributed by atoms with Crippen molar-refractivity contribution in [2.75, 3.05) is 40.0 Å². The second-order valence-corrected chi connectivity index (χ2v) is 9.67. The first-order valence-electron chi connectivity index (χ1n) is 12.4. The maximum atomic E-state index is 15.7. The lowest BCUT2D eigenvalue weighted by atomic mass is 9.74. The van der Waals surface area contributed by atoms with E-state index >= 15 is 4.39 Å². The Balaban J connectivity index is 1.35.